The van der Waals surface area contributed by atoms with Crippen LogP contribution in [0.25, 0.3) is 0 Å². The predicted octanol–water partition coefficient (Wildman–Crippen LogP) is 3.48. The number of carbonyl (C=O) groups is 2. The zero-order valence-corrected chi connectivity index (χ0v) is 14.8. The van der Waals surface area contributed by atoms with E-state index in [-0.39, 0.29) is 12.5 Å². The Labute approximate surface area is 154 Å². The van der Waals surface area contributed by atoms with Gasteiger partial charge in [0.1, 0.15) is 5.75 Å². The summed E-state index contributed by atoms with van der Waals surface area (Å²) in [5.41, 5.74) is 3.79. The Morgan fingerprint density at radius 1 is 1.16 bits per heavy atom. The van der Waals surface area contributed by atoms with Gasteiger partial charge in [-0.1, -0.05) is 35.3 Å². The quantitative estimate of drug-likeness (QED) is 0.595. The normalized spacial score (nSPS) is 10.5. The number of hydrogen-bond acceptors (Lipinski definition) is 4. The second kappa shape index (κ2) is 9.05. The molecule has 2 N–H and O–H groups in total. The van der Waals surface area contributed by atoms with Crippen LogP contribution in [-0.4, -0.2) is 24.6 Å². The molecule has 0 unspecified atom stereocenters. The Morgan fingerprint density at radius 2 is 1.88 bits per heavy atom. The predicted molar refractivity (Wildman–Crippen MR) is 98.4 cm³/mol. The zero-order valence-electron chi connectivity index (χ0n) is 13.3. The van der Waals surface area contributed by atoms with Gasteiger partial charge in [-0.25, -0.2) is 5.43 Å². The van der Waals surface area contributed by atoms with E-state index in [9.17, 15) is 9.59 Å². The average molecular weight is 380 g/mol. The minimum absolute atomic E-state index is 0.144. The number of ether oxygens (including phenoxy) is 1. The number of benzene rings is 2. The van der Waals surface area contributed by atoms with Gasteiger partial charge < -0.3 is 10.1 Å². The number of anilines is 1. The number of hydrazone groups is 1. The van der Waals surface area contributed by atoms with Crippen LogP contribution < -0.4 is 15.5 Å². The van der Waals surface area contributed by atoms with E-state index in [1.165, 1.54) is 19.2 Å². The molecule has 2 aromatic carbocycles. The highest BCUT2D eigenvalue weighted by molar-refractivity contribution is 6.35. The third-order valence-corrected chi connectivity index (χ3v) is 3.42. The fourth-order valence-electron chi connectivity index (χ4n) is 1.80. The molecule has 0 heterocycles. The monoisotopic (exact) mass is 379 g/mol. The number of carbonyl (C=O) groups excluding carboxylic acids is 2. The topological polar surface area (TPSA) is 79.8 Å². The van der Waals surface area contributed by atoms with Crippen molar-refractivity contribution in [3.8, 4) is 5.75 Å². The van der Waals surface area contributed by atoms with Crippen LogP contribution >= 0.6 is 23.2 Å². The standard InChI is InChI=1S/C17H15Cl2N3O3/c1-11(23)21-14-5-2-12(3-6-14)9-20-22-17(24)10-25-16-7-4-13(18)8-15(16)19/h2-9H,10H2,1H3,(H,21,23)(H,22,24)/b20-9-. The van der Waals surface area contributed by atoms with Gasteiger partial charge in [0, 0.05) is 17.6 Å². The molecule has 0 aliphatic carbocycles. The molecule has 25 heavy (non-hydrogen) atoms. The molecule has 8 heteroatoms. The first kappa shape index (κ1) is 18.8. The van der Waals surface area contributed by atoms with Crippen LogP contribution in [0.4, 0.5) is 5.69 Å². The van der Waals surface area contributed by atoms with Crippen molar-refractivity contribution in [3.63, 3.8) is 0 Å². The molecule has 2 amide bonds. The molecule has 0 aliphatic rings. The van der Waals surface area contributed by atoms with Gasteiger partial charge in [0.05, 0.1) is 11.2 Å². The van der Waals surface area contributed by atoms with Gasteiger partial charge in [-0.3, -0.25) is 9.59 Å². The number of nitrogens with zero attached hydrogens (tertiary/aromatic N) is 1. The van der Waals surface area contributed by atoms with Crippen LogP contribution in [0.15, 0.2) is 47.6 Å². The van der Waals surface area contributed by atoms with Gasteiger partial charge in [-0.05, 0) is 35.9 Å². The van der Waals surface area contributed by atoms with Gasteiger partial charge in [0.2, 0.25) is 5.91 Å². The number of amides is 2. The lowest BCUT2D eigenvalue weighted by molar-refractivity contribution is -0.123. The van der Waals surface area contributed by atoms with Crippen LogP contribution in [0.1, 0.15) is 12.5 Å². The Balaban J connectivity index is 1.80. The van der Waals surface area contributed by atoms with Crippen molar-refractivity contribution >= 4 is 46.9 Å². The molecule has 6 nitrogen and oxygen atoms in total. The highest BCUT2D eigenvalue weighted by Gasteiger charge is 2.05. The van der Waals surface area contributed by atoms with Crippen molar-refractivity contribution in [2.45, 2.75) is 6.92 Å². The van der Waals surface area contributed by atoms with E-state index in [2.05, 4.69) is 15.8 Å². The minimum atomic E-state index is -0.433. The van der Waals surface area contributed by atoms with E-state index in [0.717, 1.165) is 5.56 Å². The van der Waals surface area contributed by atoms with Crippen LogP contribution in [0, 0.1) is 0 Å². The summed E-state index contributed by atoms with van der Waals surface area (Å²) in [4.78, 5) is 22.6. The Kier molecular flexibility index (Phi) is 6.80. The molecule has 0 aromatic heterocycles. The van der Waals surface area contributed by atoms with Crippen LogP contribution in [0.3, 0.4) is 0 Å². The summed E-state index contributed by atoms with van der Waals surface area (Å²) in [6.07, 6.45) is 1.48. The second-order valence-corrected chi connectivity index (χ2v) is 5.80. The van der Waals surface area contributed by atoms with Crippen LogP contribution in [0.2, 0.25) is 10.0 Å². The Morgan fingerprint density at radius 3 is 2.52 bits per heavy atom. The van der Waals surface area contributed by atoms with Crippen molar-refractivity contribution in [1.29, 1.82) is 0 Å². The lowest BCUT2D eigenvalue weighted by Gasteiger charge is -2.07. The second-order valence-electron chi connectivity index (χ2n) is 4.96. The molecular formula is C17H15Cl2N3O3. The number of nitrogens with one attached hydrogen (secondary N) is 2. The van der Waals surface area contributed by atoms with Crippen molar-refractivity contribution in [3.05, 3.63) is 58.1 Å². The van der Waals surface area contributed by atoms with Gasteiger partial charge in [0.15, 0.2) is 6.61 Å². The average Bonchev–Trinajstić information content (AvgIpc) is 2.55. The smallest absolute Gasteiger partial charge is 0.277 e. The molecule has 130 valence electrons. The molecule has 0 bridgehead atoms. The highest BCUT2D eigenvalue weighted by Crippen LogP contribution is 2.27. The van der Waals surface area contributed by atoms with E-state index in [4.69, 9.17) is 27.9 Å². The Bertz CT molecular complexity index is 792. The Hall–Kier alpha value is -2.57. The molecule has 2 rings (SSSR count). The molecule has 0 atom stereocenters. The first-order valence-electron chi connectivity index (χ1n) is 7.21. The summed E-state index contributed by atoms with van der Waals surface area (Å²) >= 11 is 11.7. The SMILES string of the molecule is CC(=O)Nc1ccc(/C=N\NC(=O)COc2ccc(Cl)cc2Cl)cc1. The molecule has 0 fully saturated rings. The largest absolute Gasteiger partial charge is 0.482 e. The number of rotatable bonds is 6. The first-order chi connectivity index (χ1) is 11.9. The maximum Gasteiger partial charge on any atom is 0.277 e. The van der Waals surface area contributed by atoms with E-state index in [1.807, 2.05) is 0 Å². The highest BCUT2D eigenvalue weighted by atomic mass is 35.5. The summed E-state index contributed by atoms with van der Waals surface area (Å²) in [7, 11) is 0. The van der Waals surface area contributed by atoms with Crippen molar-refractivity contribution in [2.75, 3.05) is 11.9 Å². The van der Waals surface area contributed by atoms with Crippen LogP contribution in [-0.2, 0) is 9.59 Å². The van der Waals surface area contributed by atoms with Gasteiger partial charge in [-0.15, -0.1) is 0 Å². The van der Waals surface area contributed by atoms with E-state index >= 15 is 0 Å². The molecule has 0 radical (unpaired) electrons. The first-order valence-corrected chi connectivity index (χ1v) is 7.97. The van der Waals surface area contributed by atoms with Crippen LogP contribution in [0.5, 0.6) is 5.75 Å². The molecule has 0 aliphatic heterocycles. The fourth-order valence-corrected chi connectivity index (χ4v) is 2.27. The third-order valence-electron chi connectivity index (χ3n) is 2.89. The van der Waals surface area contributed by atoms with Crippen molar-refractivity contribution < 1.29 is 14.3 Å². The molecule has 2 aromatic rings. The third kappa shape index (κ3) is 6.45. The lowest BCUT2D eigenvalue weighted by Crippen LogP contribution is -2.24. The van der Waals surface area contributed by atoms with Crippen molar-refractivity contribution in [2.24, 2.45) is 5.10 Å². The summed E-state index contributed by atoms with van der Waals surface area (Å²) in [5.74, 6) is -0.217. The molecular weight excluding hydrogens is 365 g/mol. The lowest BCUT2D eigenvalue weighted by atomic mass is 10.2. The van der Waals surface area contributed by atoms with E-state index in [1.54, 1.807) is 36.4 Å². The maximum absolute atomic E-state index is 11.7. The van der Waals surface area contributed by atoms with Gasteiger partial charge in [-0.2, -0.15) is 5.10 Å². The van der Waals surface area contributed by atoms with Gasteiger partial charge >= 0.3 is 0 Å². The van der Waals surface area contributed by atoms with Gasteiger partial charge in [0.25, 0.3) is 5.91 Å². The fraction of sp³-hybridized carbons (Fsp3) is 0.118. The van der Waals surface area contributed by atoms with E-state index in [0.29, 0.717) is 21.5 Å². The molecule has 0 spiro atoms. The summed E-state index contributed by atoms with van der Waals surface area (Å²) in [5, 5.41) is 7.30. The number of halogens is 2. The number of hydrogen-bond donors (Lipinski definition) is 2. The van der Waals surface area contributed by atoms with Crippen molar-refractivity contribution in [1.82, 2.24) is 5.43 Å². The summed E-state index contributed by atoms with van der Waals surface area (Å²) < 4.78 is 5.29. The molecule has 0 saturated carbocycles. The molecule has 0 saturated heterocycles. The summed E-state index contributed by atoms with van der Waals surface area (Å²) in [6, 6.07) is 11.7. The zero-order chi connectivity index (χ0) is 18.2. The van der Waals surface area contributed by atoms with E-state index < -0.39 is 5.91 Å². The summed E-state index contributed by atoms with van der Waals surface area (Å²) in [6.45, 7) is 1.20. The minimum Gasteiger partial charge on any atom is -0.482 e. The maximum atomic E-state index is 11.7.